The Labute approximate surface area is 135 Å². The van der Waals surface area contributed by atoms with Gasteiger partial charge in [-0.05, 0) is 44.4 Å². The fourth-order valence-electron chi connectivity index (χ4n) is 4.05. The maximum atomic E-state index is 12.0. The van der Waals surface area contributed by atoms with Crippen LogP contribution >= 0.6 is 0 Å². The highest BCUT2D eigenvalue weighted by Gasteiger charge is 2.34. The first kappa shape index (κ1) is 17.7. The lowest BCUT2D eigenvalue weighted by molar-refractivity contribution is -0.160. The third-order valence-corrected chi connectivity index (χ3v) is 5.25. The average Bonchev–Trinajstić information content (AvgIpc) is 3.00. The Kier molecular flexibility index (Phi) is 7.16. The highest BCUT2D eigenvalue weighted by molar-refractivity contribution is 5.75. The van der Waals surface area contributed by atoms with Gasteiger partial charge in [-0.25, -0.2) is 0 Å². The molecule has 1 saturated heterocycles. The SMILES string of the molecule is CCCO[C@@H]1[C@@H](CC2CCCC2)CCC[C@H](N)C(=O)O[C@H]1C. The van der Waals surface area contributed by atoms with Gasteiger partial charge in [0, 0.05) is 6.61 Å². The molecule has 0 aromatic rings. The van der Waals surface area contributed by atoms with Crippen molar-refractivity contribution in [3.63, 3.8) is 0 Å². The summed E-state index contributed by atoms with van der Waals surface area (Å²) in [6.07, 6.45) is 10.3. The van der Waals surface area contributed by atoms with Gasteiger partial charge in [-0.1, -0.05) is 39.0 Å². The fraction of sp³-hybridized carbons (Fsp3) is 0.944. The Bertz CT molecular complexity index is 341. The van der Waals surface area contributed by atoms with Gasteiger partial charge in [-0.15, -0.1) is 0 Å². The minimum atomic E-state index is -0.473. The van der Waals surface area contributed by atoms with Crippen molar-refractivity contribution in [2.45, 2.75) is 89.9 Å². The predicted octanol–water partition coefficient (Wildman–Crippen LogP) is 3.42. The number of nitrogens with two attached hydrogens (primary N) is 1. The Hall–Kier alpha value is -0.610. The van der Waals surface area contributed by atoms with E-state index in [1.807, 2.05) is 6.92 Å². The molecule has 4 nitrogen and oxygen atoms in total. The van der Waals surface area contributed by atoms with Gasteiger partial charge >= 0.3 is 5.97 Å². The van der Waals surface area contributed by atoms with Gasteiger partial charge in [0.15, 0.2) is 0 Å². The summed E-state index contributed by atoms with van der Waals surface area (Å²) in [6.45, 7) is 4.82. The summed E-state index contributed by atoms with van der Waals surface area (Å²) >= 11 is 0. The number of carbonyl (C=O) groups is 1. The molecule has 0 aromatic carbocycles. The maximum absolute atomic E-state index is 12.0. The van der Waals surface area contributed by atoms with Crippen molar-refractivity contribution in [3.8, 4) is 0 Å². The van der Waals surface area contributed by atoms with E-state index in [1.54, 1.807) is 0 Å². The molecule has 2 rings (SSSR count). The number of hydrogen-bond donors (Lipinski definition) is 1. The van der Waals surface area contributed by atoms with Crippen LogP contribution in [0.15, 0.2) is 0 Å². The second-order valence-electron chi connectivity index (χ2n) is 7.16. The molecule has 1 aliphatic carbocycles. The van der Waals surface area contributed by atoms with E-state index >= 15 is 0 Å². The zero-order chi connectivity index (χ0) is 15.9. The first-order valence-electron chi connectivity index (χ1n) is 9.19. The van der Waals surface area contributed by atoms with E-state index in [0.717, 1.165) is 38.2 Å². The van der Waals surface area contributed by atoms with Crippen molar-refractivity contribution in [2.75, 3.05) is 6.61 Å². The van der Waals surface area contributed by atoms with Crippen LogP contribution in [0.3, 0.4) is 0 Å². The lowest BCUT2D eigenvalue weighted by Gasteiger charge is -2.32. The molecule has 0 radical (unpaired) electrons. The summed E-state index contributed by atoms with van der Waals surface area (Å²) < 4.78 is 11.7. The van der Waals surface area contributed by atoms with Crippen molar-refractivity contribution in [3.05, 3.63) is 0 Å². The van der Waals surface area contributed by atoms with E-state index in [9.17, 15) is 4.79 Å². The molecule has 1 aliphatic heterocycles. The Balaban J connectivity index is 2.06. The summed E-state index contributed by atoms with van der Waals surface area (Å²) in [5.41, 5.74) is 5.92. The van der Waals surface area contributed by atoms with Crippen LogP contribution in [0.2, 0.25) is 0 Å². The van der Waals surface area contributed by atoms with E-state index in [-0.39, 0.29) is 18.2 Å². The summed E-state index contributed by atoms with van der Waals surface area (Å²) in [4.78, 5) is 12.0. The minimum absolute atomic E-state index is 0.0230. The first-order valence-corrected chi connectivity index (χ1v) is 9.19. The topological polar surface area (TPSA) is 61.5 Å². The third kappa shape index (κ3) is 4.95. The smallest absolute Gasteiger partial charge is 0.323 e. The lowest BCUT2D eigenvalue weighted by atomic mass is 9.84. The summed E-state index contributed by atoms with van der Waals surface area (Å²) in [5.74, 6) is 1.05. The van der Waals surface area contributed by atoms with Crippen LogP contribution < -0.4 is 5.73 Å². The second kappa shape index (κ2) is 8.88. The van der Waals surface area contributed by atoms with Crippen LogP contribution in [0.25, 0.3) is 0 Å². The van der Waals surface area contributed by atoms with Crippen LogP contribution in [0.1, 0.15) is 71.6 Å². The highest BCUT2D eigenvalue weighted by atomic mass is 16.6. The molecular weight excluding hydrogens is 278 g/mol. The lowest BCUT2D eigenvalue weighted by Crippen LogP contribution is -2.40. The molecule has 2 fully saturated rings. The zero-order valence-corrected chi connectivity index (χ0v) is 14.3. The van der Waals surface area contributed by atoms with Crippen molar-refractivity contribution >= 4 is 5.97 Å². The van der Waals surface area contributed by atoms with Crippen LogP contribution in [0.5, 0.6) is 0 Å². The molecule has 0 bridgehead atoms. The van der Waals surface area contributed by atoms with Crippen LogP contribution in [-0.4, -0.2) is 30.8 Å². The summed E-state index contributed by atoms with van der Waals surface area (Å²) in [7, 11) is 0. The standard InChI is InChI=1S/C18H33NO3/c1-3-11-21-17-13(2)22-18(20)16(19)10-6-9-15(17)12-14-7-4-5-8-14/h13-17H,3-12,19H2,1-2H3/t13-,15+,16-,17-/m0/s1. The van der Waals surface area contributed by atoms with Crippen LogP contribution in [-0.2, 0) is 14.3 Å². The van der Waals surface area contributed by atoms with Crippen LogP contribution in [0, 0.1) is 11.8 Å². The van der Waals surface area contributed by atoms with Gasteiger partial charge in [-0.3, -0.25) is 4.79 Å². The number of rotatable bonds is 5. The zero-order valence-electron chi connectivity index (χ0n) is 14.3. The van der Waals surface area contributed by atoms with Gasteiger partial charge in [0.25, 0.3) is 0 Å². The molecule has 1 heterocycles. The highest BCUT2D eigenvalue weighted by Crippen LogP contribution is 2.35. The van der Waals surface area contributed by atoms with Crippen molar-refractivity contribution in [1.82, 2.24) is 0 Å². The average molecular weight is 311 g/mol. The van der Waals surface area contributed by atoms with Crippen molar-refractivity contribution in [2.24, 2.45) is 17.6 Å². The van der Waals surface area contributed by atoms with E-state index in [4.69, 9.17) is 15.2 Å². The van der Waals surface area contributed by atoms with E-state index in [0.29, 0.717) is 5.92 Å². The van der Waals surface area contributed by atoms with E-state index in [1.165, 1.54) is 32.1 Å². The van der Waals surface area contributed by atoms with Gasteiger partial charge in [0.05, 0.1) is 6.10 Å². The first-order chi connectivity index (χ1) is 10.6. The van der Waals surface area contributed by atoms with Crippen molar-refractivity contribution in [1.29, 1.82) is 0 Å². The normalized spacial score (nSPS) is 34.8. The largest absolute Gasteiger partial charge is 0.459 e. The molecule has 0 amide bonds. The maximum Gasteiger partial charge on any atom is 0.323 e. The Morgan fingerprint density at radius 1 is 1.18 bits per heavy atom. The molecular formula is C18H33NO3. The number of cyclic esters (lactones) is 1. The van der Waals surface area contributed by atoms with Gasteiger partial charge in [-0.2, -0.15) is 0 Å². The van der Waals surface area contributed by atoms with Gasteiger partial charge in [0.1, 0.15) is 12.1 Å². The Morgan fingerprint density at radius 2 is 1.91 bits per heavy atom. The molecule has 2 N–H and O–H groups in total. The summed E-state index contributed by atoms with van der Waals surface area (Å²) in [5, 5.41) is 0. The molecule has 0 spiro atoms. The molecule has 0 aromatic heterocycles. The van der Waals surface area contributed by atoms with Crippen LogP contribution in [0.4, 0.5) is 0 Å². The predicted molar refractivity (Wildman–Crippen MR) is 87.5 cm³/mol. The third-order valence-electron chi connectivity index (χ3n) is 5.25. The van der Waals surface area contributed by atoms with E-state index in [2.05, 4.69) is 6.92 Å². The quantitative estimate of drug-likeness (QED) is 0.790. The van der Waals surface area contributed by atoms with Gasteiger partial charge < -0.3 is 15.2 Å². The minimum Gasteiger partial charge on any atom is -0.459 e. The monoisotopic (exact) mass is 311 g/mol. The van der Waals surface area contributed by atoms with Crippen molar-refractivity contribution < 1.29 is 14.3 Å². The number of ether oxygens (including phenoxy) is 2. The molecule has 2 aliphatic rings. The number of hydrogen-bond acceptors (Lipinski definition) is 4. The van der Waals surface area contributed by atoms with Gasteiger partial charge in [0.2, 0.25) is 0 Å². The molecule has 4 heteroatoms. The second-order valence-corrected chi connectivity index (χ2v) is 7.16. The fourth-order valence-corrected chi connectivity index (χ4v) is 4.05. The number of esters is 1. The Morgan fingerprint density at radius 3 is 2.59 bits per heavy atom. The molecule has 4 atom stereocenters. The number of carbonyl (C=O) groups excluding carboxylic acids is 1. The summed E-state index contributed by atoms with van der Waals surface area (Å²) in [6, 6.07) is -0.473. The molecule has 1 saturated carbocycles. The molecule has 22 heavy (non-hydrogen) atoms. The van der Waals surface area contributed by atoms with E-state index < -0.39 is 6.04 Å². The molecule has 128 valence electrons. The molecule has 0 unspecified atom stereocenters.